The number of halogens is 1. The Hall–Kier alpha value is -1.60. The molecule has 7 heteroatoms. The Morgan fingerprint density at radius 1 is 1.20 bits per heavy atom. The predicted molar refractivity (Wildman–Crippen MR) is 101 cm³/mol. The highest BCUT2D eigenvalue weighted by Gasteiger charge is 2.25. The summed E-state index contributed by atoms with van der Waals surface area (Å²) in [5.41, 5.74) is 0.780. The van der Waals surface area contributed by atoms with Crippen LogP contribution in [0.15, 0.2) is 36.4 Å². The van der Waals surface area contributed by atoms with E-state index in [2.05, 4.69) is 11.4 Å². The maximum absolute atomic E-state index is 12.3. The van der Waals surface area contributed by atoms with Gasteiger partial charge in [0.2, 0.25) is 0 Å². The number of carbonyl (C=O) groups is 1. The smallest absolute Gasteiger partial charge is 0.279 e. The summed E-state index contributed by atoms with van der Waals surface area (Å²) in [5, 5.41) is 2.96. The zero-order chi connectivity index (χ0) is 17.6. The van der Waals surface area contributed by atoms with Crippen LogP contribution in [0, 0.1) is 0 Å². The molecule has 3 N–H and O–H groups in total. The third-order valence-corrected chi connectivity index (χ3v) is 5.71. The lowest BCUT2D eigenvalue weighted by Gasteiger charge is -2.29. The molecule has 3 rings (SSSR count). The third kappa shape index (κ3) is 5.44. The van der Waals surface area contributed by atoms with E-state index < -0.39 is 0 Å². The quantitative estimate of drug-likeness (QED) is 0.675. The number of benzene rings is 1. The average molecular weight is 382 g/mol. The third-order valence-electron chi connectivity index (χ3n) is 4.48. The van der Waals surface area contributed by atoms with Crippen LogP contribution in [0.2, 0.25) is 4.34 Å². The number of anilines is 1. The van der Waals surface area contributed by atoms with Crippen LogP contribution in [0.5, 0.6) is 5.75 Å². The first-order valence-electron chi connectivity index (χ1n) is 8.47. The van der Waals surface area contributed by atoms with Crippen LogP contribution in [0.25, 0.3) is 0 Å². The standard InChI is InChI=1S/C18H22ClN3O2S/c1-24-15-4-2-3-14(11-15)20-18(23)13-22-9-7-21(8-10-22)12-16-5-6-17(19)25-16/h2-6,11H,7-10,12-13H2,1H3,(H,20,23)/p+2. The van der Waals surface area contributed by atoms with Gasteiger partial charge < -0.3 is 19.9 Å². The molecule has 1 saturated heterocycles. The molecule has 0 spiro atoms. The number of amides is 1. The van der Waals surface area contributed by atoms with Gasteiger partial charge in [0.25, 0.3) is 5.91 Å². The van der Waals surface area contributed by atoms with Crippen molar-refractivity contribution < 1.29 is 19.3 Å². The van der Waals surface area contributed by atoms with Crippen LogP contribution in [0.1, 0.15) is 4.88 Å². The summed E-state index contributed by atoms with van der Waals surface area (Å²) >= 11 is 7.66. The molecule has 2 aromatic rings. The van der Waals surface area contributed by atoms with Crippen molar-refractivity contribution in [2.24, 2.45) is 0 Å². The Labute approximate surface area is 157 Å². The van der Waals surface area contributed by atoms with E-state index in [4.69, 9.17) is 16.3 Å². The van der Waals surface area contributed by atoms with Gasteiger partial charge in [0, 0.05) is 11.8 Å². The van der Waals surface area contributed by atoms with Gasteiger partial charge in [-0.15, -0.1) is 11.3 Å². The maximum Gasteiger partial charge on any atom is 0.279 e. The fourth-order valence-corrected chi connectivity index (χ4v) is 4.30. The summed E-state index contributed by atoms with van der Waals surface area (Å²) in [6.45, 7) is 5.73. The zero-order valence-electron chi connectivity index (χ0n) is 14.3. The first-order chi connectivity index (χ1) is 12.1. The van der Waals surface area contributed by atoms with Gasteiger partial charge in [-0.3, -0.25) is 4.79 Å². The second kappa shape index (κ2) is 8.67. The molecule has 0 radical (unpaired) electrons. The van der Waals surface area contributed by atoms with Gasteiger partial charge in [-0.25, -0.2) is 0 Å². The summed E-state index contributed by atoms with van der Waals surface area (Å²) in [6, 6.07) is 11.5. The number of ether oxygens (including phenoxy) is 1. The molecule has 1 aliphatic rings. The first-order valence-corrected chi connectivity index (χ1v) is 9.67. The molecular formula is C18H24ClN3O2S+2. The van der Waals surface area contributed by atoms with Crippen LogP contribution in [-0.4, -0.2) is 45.7 Å². The monoisotopic (exact) mass is 381 g/mol. The normalized spacial score (nSPS) is 20.2. The van der Waals surface area contributed by atoms with Gasteiger partial charge in [0.15, 0.2) is 6.54 Å². The molecule has 0 saturated carbocycles. The van der Waals surface area contributed by atoms with Gasteiger partial charge in [-0.1, -0.05) is 17.7 Å². The van der Waals surface area contributed by atoms with Gasteiger partial charge in [-0.2, -0.15) is 0 Å². The molecule has 2 heterocycles. The molecule has 0 bridgehead atoms. The topological polar surface area (TPSA) is 47.2 Å². The van der Waals surface area contributed by atoms with Gasteiger partial charge in [-0.05, 0) is 24.3 Å². The second-order valence-electron chi connectivity index (χ2n) is 6.34. The lowest BCUT2D eigenvalue weighted by Crippen LogP contribution is -3.28. The number of quaternary nitrogens is 2. The van der Waals surface area contributed by atoms with Gasteiger partial charge >= 0.3 is 0 Å². The van der Waals surface area contributed by atoms with Gasteiger partial charge in [0.05, 0.1) is 16.3 Å². The lowest BCUT2D eigenvalue weighted by atomic mass is 10.2. The SMILES string of the molecule is COc1cccc(NC(=O)C[NH+]2CC[NH+](Cc3ccc(Cl)s3)CC2)c1. The van der Waals surface area contributed by atoms with Crippen LogP contribution >= 0.6 is 22.9 Å². The van der Waals surface area contributed by atoms with E-state index >= 15 is 0 Å². The molecular weight excluding hydrogens is 358 g/mol. The van der Waals surface area contributed by atoms with Crippen molar-refractivity contribution >= 4 is 34.5 Å². The summed E-state index contributed by atoms with van der Waals surface area (Å²) in [4.78, 5) is 16.5. The van der Waals surface area contributed by atoms with Crippen molar-refractivity contribution in [3.8, 4) is 5.75 Å². The van der Waals surface area contributed by atoms with Crippen LogP contribution in [0.4, 0.5) is 5.69 Å². The molecule has 0 atom stereocenters. The number of thiophene rings is 1. The van der Waals surface area contributed by atoms with Crippen LogP contribution in [0.3, 0.4) is 0 Å². The van der Waals surface area contributed by atoms with Crippen molar-refractivity contribution in [2.75, 3.05) is 45.2 Å². The molecule has 1 fully saturated rings. The van der Waals surface area contributed by atoms with E-state index in [0.29, 0.717) is 6.54 Å². The number of hydrogen-bond acceptors (Lipinski definition) is 3. The fourth-order valence-electron chi connectivity index (χ4n) is 3.14. The maximum atomic E-state index is 12.3. The molecule has 25 heavy (non-hydrogen) atoms. The van der Waals surface area contributed by atoms with E-state index in [1.54, 1.807) is 23.3 Å². The number of hydrogen-bond donors (Lipinski definition) is 3. The molecule has 1 aliphatic heterocycles. The minimum atomic E-state index is 0.0525. The van der Waals surface area contributed by atoms with Crippen molar-refractivity contribution in [2.45, 2.75) is 6.54 Å². The molecule has 1 aromatic carbocycles. The molecule has 0 aliphatic carbocycles. The number of methoxy groups -OCH3 is 1. The average Bonchev–Trinajstić information content (AvgIpc) is 3.01. The summed E-state index contributed by atoms with van der Waals surface area (Å²) in [5.74, 6) is 0.799. The molecule has 1 amide bonds. The second-order valence-corrected chi connectivity index (χ2v) is 8.14. The molecule has 1 aromatic heterocycles. The van der Waals surface area contributed by atoms with E-state index in [0.717, 1.165) is 48.5 Å². The highest BCUT2D eigenvalue weighted by atomic mass is 35.5. The summed E-state index contributed by atoms with van der Waals surface area (Å²) < 4.78 is 6.04. The largest absolute Gasteiger partial charge is 0.497 e. The van der Waals surface area contributed by atoms with E-state index in [1.807, 2.05) is 30.3 Å². The Kier molecular flexibility index (Phi) is 6.31. The number of piperazine rings is 1. The highest BCUT2D eigenvalue weighted by Crippen LogP contribution is 2.20. The number of nitrogens with one attached hydrogen (secondary N) is 3. The fraction of sp³-hybridized carbons (Fsp3) is 0.389. The molecule has 0 unspecified atom stereocenters. The van der Waals surface area contributed by atoms with E-state index in [-0.39, 0.29) is 5.91 Å². The first kappa shape index (κ1) is 18.2. The van der Waals surface area contributed by atoms with Crippen molar-refractivity contribution in [1.29, 1.82) is 0 Å². The Balaban J connectivity index is 1.42. The van der Waals surface area contributed by atoms with Crippen LogP contribution in [-0.2, 0) is 11.3 Å². The van der Waals surface area contributed by atoms with Crippen molar-refractivity contribution in [1.82, 2.24) is 0 Å². The number of carbonyl (C=O) groups excluding carboxylic acids is 1. The molecule has 5 nitrogen and oxygen atoms in total. The van der Waals surface area contributed by atoms with Gasteiger partial charge in [0.1, 0.15) is 38.5 Å². The Morgan fingerprint density at radius 3 is 2.64 bits per heavy atom. The predicted octanol–water partition coefficient (Wildman–Crippen LogP) is 0.332. The Morgan fingerprint density at radius 2 is 1.96 bits per heavy atom. The zero-order valence-corrected chi connectivity index (χ0v) is 15.9. The summed E-state index contributed by atoms with van der Waals surface area (Å²) in [6.07, 6.45) is 0. The van der Waals surface area contributed by atoms with E-state index in [9.17, 15) is 4.79 Å². The minimum absolute atomic E-state index is 0.0525. The Bertz CT molecular complexity index is 714. The summed E-state index contributed by atoms with van der Waals surface area (Å²) in [7, 11) is 1.62. The molecule has 134 valence electrons. The number of rotatable bonds is 6. The van der Waals surface area contributed by atoms with Crippen molar-refractivity contribution in [3.63, 3.8) is 0 Å². The highest BCUT2D eigenvalue weighted by molar-refractivity contribution is 7.16. The lowest BCUT2D eigenvalue weighted by molar-refractivity contribution is -1.01. The van der Waals surface area contributed by atoms with Crippen LogP contribution < -0.4 is 19.9 Å². The van der Waals surface area contributed by atoms with E-state index in [1.165, 1.54) is 9.78 Å². The van der Waals surface area contributed by atoms with Crippen molar-refractivity contribution in [3.05, 3.63) is 45.6 Å². The minimum Gasteiger partial charge on any atom is -0.497 e.